The van der Waals surface area contributed by atoms with Gasteiger partial charge >= 0.3 is 0 Å². The van der Waals surface area contributed by atoms with Crippen LogP contribution >= 0.6 is 35.3 Å². The van der Waals surface area contributed by atoms with E-state index in [0.29, 0.717) is 29.9 Å². The summed E-state index contributed by atoms with van der Waals surface area (Å²) in [6.45, 7) is 8.67. The summed E-state index contributed by atoms with van der Waals surface area (Å²) in [5.41, 5.74) is 0. The second-order valence-electron chi connectivity index (χ2n) is 6.18. The van der Waals surface area contributed by atoms with Crippen molar-refractivity contribution in [2.45, 2.75) is 56.8 Å². The topological polar surface area (TPSA) is 73.8 Å². The molecule has 25 heavy (non-hydrogen) atoms. The summed E-state index contributed by atoms with van der Waals surface area (Å²) in [6.07, 6.45) is 3.02. The Balaban J connectivity index is 0.00000312. The first-order valence-electron chi connectivity index (χ1n) is 8.57. The first kappa shape index (κ1) is 22.7. The Bertz CT molecular complexity index is 653. The first-order chi connectivity index (χ1) is 11.4. The second-order valence-corrected chi connectivity index (χ2v) is 9.51. The SMILES string of the molecule is CCNC(=NCc1ccc(S(=O)(=O)N2CCCCC2)s1)NC(C)C.I. The molecule has 0 unspecified atom stereocenters. The Morgan fingerprint density at radius 2 is 1.96 bits per heavy atom. The van der Waals surface area contributed by atoms with Gasteiger partial charge in [0.15, 0.2) is 5.96 Å². The number of aliphatic imine (C=N–C) groups is 1. The lowest BCUT2D eigenvalue weighted by atomic mass is 10.2. The molecule has 0 amide bonds. The summed E-state index contributed by atoms with van der Waals surface area (Å²) in [5, 5.41) is 6.45. The summed E-state index contributed by atoms with van der Waals surface area (Å²) in [4.78, 5) is 5.48. The molecule has 0 aromatic carbocycles. The van der Waals surface area contributed by atoms with Crippen LogP contribution in [0.3, 0.4) is 0 Å². The zero-order valence-corrected chi connectivity index (χ0v) is 19.1. The monoisotopic (exact) mass is 500 g/mol. The molecule has 1 aromatic rings. The van der Waals surface area contributed by atoms with Gasteiger partial charge in [0.05, 0.1) is 6.54 Å². The van der Waals surface area contributed by atoms with Crippen LogP contribution in [0.2, 0.25) is 0 Å². The zero-order chi connectivity index (χ0) is 17.6. The molecule has 2 rings (SSSR count). The van der Waals surface area contributed by atoms with E-state index < -0.39 is 10.0 Å². The fraction of sp³-hybridized carbons (Fsp3) is 0.688. The van der Waals surface area contributed by atoms with E-state index in [1.807, 2.05) is 13.0 Å². The fourth-order valence-corrected chi connectivity index (χ4v) is 5.52. The van der Waals surface area contributed by atoms with E-state index in [-0.39, 0.29) is 24.0 Å². The van der Waals surface area contributed by atoms with Gasteiger partial charge in [0.25, 0.3) is 10.0 Å². The van der Waals surface area contributed by atoms with Crippen molar-refractivity contribution in [1.82, 2.24) is 14.9 Å². The van der Waals surface area contributed by atoms with E-state index in [1.54, 1.807) is 10.4 Å². The third-order valence-electron chi connectivity index (χ3n) is 3.71. The van der Waals surface area contributed by atoms with Crippen LogP contribution in [0.1, 0.15) is 44.9 Å². The number of thiophene rings is 1. The van der Waals surface area contributed by atoms with Crippen LogP contribution in [-0.4, -0.2) is 44.4 Å². The fourth-order valence-electron chi connectivity index (χ4n) is 2.56. The minimum absolute atomic E-state index is 0. The first-order valence-corrected chi connectivity index (χ1v) is 10.8. The lowest BCUT2D eigenvalue weighted by molar-refractivity contribution is 0.347. The van der Waals surface area contributed by atoms with Gasteiger partial charge in [0, 0.05) is 30.6 Å². The molecule has 2 heterocycles. The molecule has 1 aliphatic heterocycles. The molecule has 0 saturated carbocycles. The normalized spacial score (nSPS) is 16.6. The lowest BCUT2D eigenvalue weighted by Gasteiger charge is -2.25. The quantitative estimate of drug-likeness (QED) is 0.358. The van der Waals surface area contributed by atoms with E-state index in [4.69, 9.17) is 0 Å². The van der Waals surface area contributed by atoms with Crippen LogP contribution < -0.4 is 10.6 Å². The molecule has 6 nitrogen and oxygen atoms in total. The van der Waals surface area contributed by atoms with Gasteiger partial charge in [-0.2, -0.15) is 4.31 Å². The van der Waals surface area contributed by atoms with Crippen LogP contribution in [0.25, 0.3) is 0 Å². The lowest BCUT2D eigenvalue weighted by Crippen LogP contribution is -2.40. The predicted molar refractivity (Wildman–Crippen MR) is 115 cm³/mol. The summed E-state index contributed by atoms with van der Waals surface area (Å²) in [5.74, 6) is 0.751. The molecule has 9 heteroatoms. The maximum atomic E-state index is 12.7. The number of piperidine rings is 1. The highest BCUT2D eigenvalue weighted by Gasteiger charge is 2.27. The van der Waals surface area contributed by atoms with Gasteiger partial charge in [-0.1, -0.05) is 6.42 Å². The number of guanidine groups is 1. The third kappa shape index (κ3) is 6.69. The highest BCUT2D eigenvalue weighted by Crippen LogP contribution is 2.27. The Morgan fingerprint density at radius 1 is 1.28 bits per heavy atom. The van der Waals surface area contributed by atoms with Gasteiger partial charge < -0.3 is 10.6 Å². The smallest absolute Gasteiger partial charge is 0.252 e. The van der Waals surface area contributed by atoms with Gasteiger partial charge in [-0.3, -0.25) is 0 Å². The van der Waals surface area contributed by atoms with Crippen molar-refractivity contribution in [3.8, 4) is 0 Å². The number of sulfonamides is 1. The summed E-state index contributed by atoms with van der Waals surface area (Å²) in [7, 11) is -3.34. The van der Waals surface area contributed by atoms with Crippen molar-refractivity contribution < 1.29 is 8.42 Å². The third-order valence-corrected chi connectivity index (χ3v) is 7.14. The molecule has 1 fully saturated rings. The largest absolute Gasteiger partial charge is 0.357 e. The Hall–Kier alpha value is -0.390. The minimum atomic E-state index is -3.34. The maximum Gasteiger partial charge on any atom is 0.252 e. The maximum absolute atomic E-state index is 12.7. The number of rotatable bonds is 6. The summed E-state index contributed by atoms with van der Waals surface area (Å²) >= 11 is 1.32. The summed E-state index contributed by atoms with van der Waals surface area (Å²) in [6, 6.07) is 3.87. The van der Waals surface area contributed by atoms with Crippen molar-refractivity contribution in [2.75, 3.05) is 19.6 Å². The van der Waals surface area contributed by atoms with Gasteiger partial charge in [-0.25, -0.2) is 13.4 Å². The van der Waals surface area contributed by atoms with Gasteiger partial charge in [-0.05, 0) is 45.7 Å². The molecule has 0 atom stereocenters. The van der Waals surface area contributed by atoms with Crippen LogP contribution in [0.15, 0.2) is 21.3 Å². The Kier molecular flexibility index (Phi) is 9.68. The predicted octanol–water partition coefficient (Wildman–Crippen LogP) is 3.00. The van der Waals surface area contributed by atoms with E-state index >= 15 is 0 Å². The van der Waals surface area contributed by atoms with E-state index in [2.05, 4.69) is 29.5 Å². The molecular weight excluding hydrogens is 471 g/mol. The van der Waals surface area contributed by atoms with Crippen LogP contribution in [0.4, 0.5) is 0 Å². The van der Waals surface area contributed by atoms with Crippen molar-refractivity contribution in [2.24, 2.45) is 4.99 Å². The molecule has 1 aliphatic rings. The molecule has 144 valence electrons. The molecular formula is C16H29IN4O2S2. The number of halogens is 1. The molecule has 1 saturated heterocycles. The zero-order valence-electron chi connectivity index (χ0n) is 15.1. The van der Waals surface area contributed by atoms with Crippen LogP contribution in [-0.2, 0) is 16.6 Å². The number of hydrogen-bond donors (Lipinski definition) is 2. The highest BCUT2D eigenvalue weighted by molar-refractivity contribution is 14.0. The van der Waals surface area contributed by atoms with Gasteiger partial charge in [0.1, 0.15) is 4.21 Å². The molecule has 1 aromatic heterocycles. The highest BCUT2D eigenvalue weighted by atomic mass is 127. The van der Waals surface area contributed by atoms with Crippen molar-refractivity contribution in [3.05, 3.63) is 17.0 Å². The van der Waals surface area contributed by atoms with Gasteiger partial charge in [-0.15, -0.1) is 35.3 Å². The van der Waals surface area contributed by atoms with Gasteiger partial charge in [0.2, 0.25) is 0 Å². The van der Waals surface area contributed by atoms with Crippen LogP contribution in [0, 0.1) is 0 Å². The molecule has 0 bridgehead atoms. The van der Waals surface area contributed by atoms with E-state index in [0.717, 1.165) is 36.6 Å². The molecule has 0 spiro atoms. The average Bonchev–Trinajstić information content (AvgIpc) is 3.03. The number of nitrogens with one attached hydrogen (secondary N) is 2. The second kappa shape index (κ2) is 10.7. The average molecular weight is 500 g/mol. The standard InChI is InChI=1S/C16H28N4O2S2.HI/c1-4-17-16(19-13(2)3)18-12-14-8-9-15(23-14)24(21,22)20-10-6-5-7-11-20;/h8-9,13H,4-7,10-12H2,1-3H3,(H2,17,18,19);1H. The number of hydrogen-bond acceptors (Lipinski definition) is 4. The van der Waals surface area contributed by atoms with E-state index in [9.17, 15) is 8.42 Å². The molecule has 2 N–H and O–H groups in total. The van der Waals surface area contributed by atoms with Crippen molar-refractivity contribution in [1.29, 1.82) is 0 Å². The van der Waals surface area contributed by atoms with Crippen LogP contribution in [0.5, 0.6) is 0 Å². The van der Waals surface area contributed by atoms with E-state index in [1.165, 1.54) is 11.3 Å². The minimum Gasteiger partial charge on any atom is -0.357 e. The number of nitrogens with zero attached hydrogens (tertiary/aromatic N) is 2. The molecule has 0 aliphatic carbocycles. The molecule has 0 radical (unpaired) electrons. The Labute approximate surface area is 172 Å². The Morgan fingerprint density at radius 3 is 2.56 bits per heavy atom. The van der Waals surface area contributed by atoms with Crippen molar-refractivity contribution >= 4 is 51.3 Å². The van der Waals surface area contributed by atoms with Crippen molar-refractivity contribution in [3.63, 3.8) is 0 Å². The summed E-state index contributed by atoms with van der Waals surface area (Å²) < 4.78 is 27.4.